The minimum Gasteiger partial charge on any atom is -0.324 e. The lowest BCUT2D eigenvalue weighted by molar-refractivity contribution is -0.115. The van der Waals surface area contributed by atoms with E-state index in [4.69, 9.17) is 23.2 Å². The Kier molecular flexibility index (Phi) is 1.74. The van der Waals surface area contributed by atoms with Crippen molar-refractivity contribution in [3.05, 3.63) is 27.7 Å². The van der Waals surface area contributed by atoms with Crippen molar-refractivity contribution in [1.29, 1.82) is 0 Å². The quantitative estimate of drug-likeness (QED) is 0.687. The fourth-order valence-electron chi connectivity index (χ4n) is 1.23. The zero-order valence-electron chi connectivity index (χ0n) is 6.03. The van der Waals surface area contributed by atoms with Gasteiger partial charge in [-0.05, 0) is 11.6 Å². The zero-order chi connectivity index (χ0) is 8.72. The maximum Gasteiger partial charge on any atom is 0.228 e. The molecule has 0 fully saturated rings. The number of rotatable bonds is 0. The van der Waals surface area contributed by atoms with Crippen molar-refractivity contribution < 1.29 is 4.79 Å². The highest BCUT2D eigenvalue weighted by Crippen LogP contribution is 2.36. The molecule has 1 N–H and O–H groups in total. The van der Waals surface area contributed by atoms with Crippen LogP contribution in [0.5, 0.6) is 0 Å². The molecule has 4 heteroatoms. The first-order valence-electron chi connectivity index (χ1n) is 3.45. The smallest absolute Gasteiger partial charge is 0.228 e. The number of carbonyl (C=O) groups excluding carboxylic acids is 1. The van der Waals surface area contributed by atoms with Crippen LogP contribution in [0.1, 0.15) is 5.56 Å². The van der Waals surface area contributed by atoms with Crippen LogP contribution >= 0.6 is 23.2 Å². The number of hydrogen-bond donors (Lipinski definition) is 1. The average molecular weight is 202 g/mol. The molecule has 1 aliphatic heterocycles. The van der Waals surface area contributed by atoms with Crippen molar-refractivity contribution in [3.8, 4) is 0 Å². The molecule has 0 aromatic heterocycles. The Morgan fingerprint density at radius 3 is 2.83 bits per heavy atom. The van der Waals surface area contributed by atoms with Crippen LogP contribution in [0.2, 0.25) is 10.0 Å². The summed E-state index contributed by atoms with van der Waals surface area (Å²) in [6.45, 7) is 0. The van der Waals surface area contributed by atoms with Crippen LogP contribution in [0, 0.1) is 0 Å². The molecular formula is C8H5Cl2NO. The molecule has 1 aromatic carbocycles. The Labute approximate surface area is 79.5 Å². The van der Waals surface area contributed by atoms with E-state index in [0.717, 1.165) is 5.56 Å². The molecule has 1 aromatic rings. The molecule has 1 amide bonds. The molecule has 2 nitrogen and oxygen atoms in total. The van der Waals surface area contributed by atoms with Crippen LogP contribution in [-0.2, 0) is 11.2 Å². The molecule has 0 atom stereocenters. The summed E-state index contributed by atoms with van der Waals surface area (Å²) in [4.78, 5) is 11.0. The molecule has 1 heterocycles. The van der Waals surface area contributed by atoms with Gasteiger partial charge in [0.2, 0.25) is 5.91 Å². The van der Waals surface area contributed by atoms with Gasteiger partial charge in [0.15, 0.2) is 0 Å². The van der Waals surface area contributed by atoms with E-state index in [-0.39, 0.29) is 5.91 Å². The lowest BCUT2D eigenvalue weighted by Crippen LogP contribution is -2.03. The lowest BCUT2D eigenvalue weighted by Gasteiger charge is -2.02. The maximum absolute atomic E-state index is 11.0. The molecular weight excluding hydrogens is 197 g/mol. The number of hydrogen-bond acceptors (Lipinski definition) is 1. The van der Waals surface area contributed by atoms with Crippen LogP contribution in [0.25, 0.3) is 0 Å². The molecule has 2 rings (SSSR count). The van der Waals surface area contributed by atoms with Crippen molar-refractivity contribution in [2.45, 2.75) is 6.42 Å². The van der Waals surface area contributed by atoms with Gasteiger partial charge >= 0.3 is 0 Å². The second-order valence-corrected chi connectivity index (χ2v) is 3.41. The van der Waals surface area contributed by atoms with Crippen molar-refractivity contribution >= 4 is 34.8 Å². The molecule has 62 valence electrons. The Morgan fingerprint density at radius 1 is 1.33 bits per heavy atom. The number of nitrogens with one attached hydrogen (secondary N) is 1. The fraction of sp³-hybridized carbons (Fsp3) is 0.125. The Bertz CT molecular complexity index is 362. The maximum atomic E-state index is 11.0. The van der Waals surface area contributed by atoms with Gasteiger partial charge < -0.3 is 5.32 Å². The van der Waals surface area contributed by atoms with E-state index in [1.165, 1.54) is 0 Å². The third-order valence-electron chi connectivity index (χ3n) is 1.80. The van der Waals surface area contributed by atoms with Gasteiger partial charge in [-0.2, -0.15) is 0 Å². The Hall–Kier alpha value is -0.730. The molecule has 0 spiro atoms. The van der Waals surface area contributed by atoms with Gasteiger partial charge in [-0.15, -0.1) is 0 Å². The first-order valence-corrected chi connectivity index (χ1v) is 4.21. The summed E-state index contributed by atoms with van der Waals surface area (Å²) in [5.74, 6) is -0.0332. The minimum atomic E-state index is -0.0332. The number of halogens is 2. The van der Waals surface area contributed by atoms with E-state index < -0.39 is 0 Å². The summed E-state index contributed by atoms with van der Waals surface area (Å²) in [5, 5.41) is 3.55. The van der Waals surface area contributed by atoms with Crippen molar-refractivity contribution in [2.75, 3.05) is 5.32 Å². The standard InChI is InChI=1S/C8H5Cl2NO/c9-5-2-1-4-3-6(12)11-8(4)7(5)10/h1-2H,3H2,(H,11,12). The molecule has 12 heavy (non-hydrogen) atoms. The number of fused-ring (bicyclic) bond motifs is 1. The predicted molar refractivity (Wildman–Crippen MR) is 48.8 cm³/mol. The van der Waals surface area contributed by atoms with E-state index in [2.05, 4.69) is 5.32 Å². The fourth-order valence-corrected chi connectivity index (χ4v) is 1.62. The summed E-state index contributed by atoms with van der Waals surface area (Å²) in [6, 6.07) is 3.50. The van der Waals surface area contributed by atoms with Gasteiger partial charge in [0.25, 0.3) is 0 Å². The van der Waals surface area contributed by atoms with Crippen LogP contribution < -0.4 is 5.32 Å². The normalized spacial score (nSPS) is 14.3. The molecule has 0 radical (unpaired) electrons. The van der Waals surface area contributed by atoms with E-state index >= 15 is 0 Å². The third-order valence-corrected chi connectivity index (χ3v) is 2.60. The highest BCUT2D eigenvalue weighted by Gasteiger charge is 2.21. The Balaban J connectivity index is 2.61. The highest BCUT2D eigenvalue weighted by atomic mass is 35.5. The molecule has 0 saturated heterocycles. The zero-order valence-corrected chi connectivity index (χ0v) is 7.54. The second kappa shape index (κ2) is 2.64. The van der Waals surface area contributed by atoms with Gasteiger partial charge in [0, 0.05) is 0 Å². The Morgan fingerprint density at radius 2 is 2.08 bits per heavy atom. The summed E-state index contributed by atoms with van der Waals surface area (Å²) >= 11 is 11.6. The first kappa shape index (κ1) is 7.90. The predicted octanol–water partition coefficient (Wildman–Crippen LogP) is 2.49. The van der Waals surface area contributed by atoms with E-state index in [1.807, 2.05) is 0 Å². The second-order valence-electron chi connectivity index (χ2n) is 2.62. The molecule has 0 saturated carbocycles. The van der Waals surface area contributed by atoms with Crippen molar-refractivity contribution in [1.82, 2.24) is 0 Å². The summed E-state index contributed by atoms with van der Waals surface area (Å²) in [6.07, 6.45) is 0.395. The highest BCUT2D eigenvalue weighted by molar-refractivity contribution is 6.44. The van der Waals surface area contributed by atoms with Crippen molar-refractivity contribution in [3.63, 3.8) is 0 Å². The van der Waals surface area contributed by atoms with Crippen LogP contribution in [0.3, 0.4) is 0 Å². The first-order chi connectivity index (χ1) is 5.68. The van der Waals surface area contributed by atoms with Gasteiger partial charge in [0.05, 0.1) is 22.2 Å². The lowest BCUT2D eigenvalue weighted by atomic mass is 10.2. The van der Waals surface area contributed by atoms with Gasteiger partial charge in [0.1, 0.15) is 0 Å². The molecule has 0 unspecified atom stereocenters. The molecule has 0 aliphatic carbocycles. The number of anilines is 1. The summed E-state index contributed by atoms with van der Waals surface area (Å²) in [7, 11) is 0. The average Bonchev–Trinajstić information content (AvgIpc) is 2.39. The van der Waals surface area contributed by atoms with E-state index in [9.17, 15) is 4.79 Å². The monoisotopic (exact) mass is 201 g/mol. The SMILES string of the molecule is O=C1Cc2ccc(Cl)c(Cl)c2N1. The van der Waals surface area contributed by atoms with Crippen LogP contribution in [0.15, 0.2) is 12.1 Å². The van der Waals surface area contributed by atoms with Crippen LogP contribution in [0.4, 0.5) is 5.69 Å². The van der Waals surface area contributed by atoms with E-state index in [0.29, 0.717) is 22.2 Å². The molecule has 0 bridgehead atoms. The topological polar surface area (TPSA) is 29.1 Å². The third kappa shape index (κ3) is 1.08. The minimum absolute atomic E-state index is 0.0332. The summed E-state index contributed by atoms with van der Waals surface area (Å²) in [5.41, 5.74) is 1.57. The number of benzene rings is 1. The largest absolute Gasteiger partial charge is 0.324 e. The number of carbonyl (C=O) groups is 1. The van der Waals surface area contributed by atoms with Crippen LogP contribution in [-0.4, -0.2) is 5.91 Å². The van der Waals surface area contributed by atoms with Gasteiger partial charge in [-0.3, -0.25) is 4.79 Å². The van der Waals surface area contributed by atoms with Gasteiger partial charge in [-0.1, -0.05) is 29.3 Å². The molecule has 1 aliphatic rings. The number of amides is 1. The van der Waals surface area contributed by atoms with Crippen molar-refractivity contribution in [2.24, 2.45) is 0 Å². The van der Waals surface area contributed by atoms with E-state index in [1.54, 1.807) is 12.1 Å². The summed E-state index contributed by atoms with van der Waals surface area (Å²) < 4.78 is 0. The van der Waals surface area contributed by atoms with Gasteiger partial charge in [-0.25, -0.2) is 0 Å².